The van der Waals surface area contributed by atoms with Gasteiger partial charge in [0.05, 0.1) is 13.2 Å². The van der Waals surface area contributed by atoms with Crippen molar-refractivity contribution in [3.8, 4) is 11.1 Å². The smallest absolute Gasteiger partial charge is 0.254 e. The Bertz CT molecular complexity index is 882. The maximum absolute atomic E-state index is 13.4. The summed E-state index contributed by atoms with van der Waals surface area (Å²) >= 11 is 0. The van der Waals surface area contributed by atoms with E-state index in [1.807, 2.05) is 38.1 Å². The summed E-state index contributed by atoms with van der Waals surface area (Å²) in [6, 6.07) is 14.0. The SMILES string of the molecule is CNC(=O)[C@]1(Cc2ccccc2-c2ccc(F)cc2)CN(C(=O)C(C)C)CCO1. The average Bonchev–Trinajstić information content (AvgIpc) is 2.73. The summed E-state index contributed by atoms with van der Waals surface area (Å²) in [5.41, 5.74) is 1.50. The minimum Gasteiger partial charge on any atom is -0.361 e. The highest BCUT2D eigenvalue weighted by Gasteiger charge is 2.45. The van der Waals surface area contributed by atoms with Crippen LogP contribution in [0.2, 0.25) is 0 Å². The van der Waals surface area contributed by atoms with Gasteiger partial charge >= 0.3 is 0 Å². The van der Waals surface area contributed by atoms with Gasteiger partial charge in [-0.25, -0.2) is 4.39 Å². The molecule has 1 heterocycles. The zero-order valence-corrected chi connectivity index (χ0v) is 17.1. The molecule has 5 nitrogen and oxygen atoms in total. The molecule has 0 spiro atoms. The molecular formula is C23H27FN2O3. The zero-order valence-electron chi connectivity index (χ0n) is 17.1. The molecule has 0 radical (unpaired) electrons. The second-order valence-electron chi connectivity index (χ2n) is 7.68. The standard InChI is InChI=1S/C23H27FN2O3/c1-16(2)21(27)26-12-13-29-23(15-26,22(28)25-3)14-18-6-4-5-7-20(18)17-8-10-19(24)11-9-17/h4-11,16H,12-15H2,1-3H3,(H,25,28)/t23-/m0/s1. The lowest BCUT2D eigenvalue weighted by atomic mass is 9.87. The number of likely N-dealkylation sites (N-methyl/N-ethyl adjacent to an activating group) is 1. The van der Waals surface area contributed by atoms with Crippen molar-refractivity contribution >= 4 is 11.8 Å². The van der Waals surface area contributed by atoms with Crippen molar-refractivity contribution < 1.29 is 18.7 Å². The molecule has 2 aromatic carbocycles. The fourth-order valence-corrected chi connectivity index (χ4v) is 3.78. The molecule has 0 bridgehead atoms. The van der Waals surface area contributed by atoms with Crippen molar-refractivity contribution in [3.63, 3.8) is 0 Å². The molecule has 1 fully saturated rings. The Morgan fingerprint density at radius 3 is 2.52 bits per heavy atom. The number of nitrogens with one attached hydrogen (secondary N) is 1. The lowest BCUT2D eigenvalue weighted by molar-refractivity contribution is -0.167. The van der Waals surface area contributed by atoms with E-state index in [0.717, 1.165) is 16.7 Å². The molecule has 1 saturated heterocycles. The van der Waals surface area contributed by atoms with Gasteiger partial charge in [0.15, 0.2) is 5.60 Å². The third-order valence-corrected chi connectivity index (χ3v) is 5.28. The van der Waals surface area contributed by atoms with Crippen LogP contribution in [0, 0.1) is 11.7 Å². The number of benzene rings is 2. The number of nitrogens with zero attached hydrogens (tertiary/aromatic N) is 1. The summed E-state index contributed by atoms with van der Waals surface area (Å²) in [5.74, 6) is -0.699. The molecule has 1 N–H and O–H groups in total. The van der Waals surface area contributed by atoms with Gasteiger partial charge in [-0.05, 0) is 28.8 Å². The second-order valence-corrected chi connectivity index (χ2v) is 7.68. The first-order valence-corrected chi connectivity index (χ1v) is 9.85. The Labute approximate surface area is 170 Å². The van der Waals surface area contributed by atoms with Crippen molar-refractivity contribution in [1.82, 2.24) is 10.2 Å². The number of ether oxygens (including phenoxy) is 1. The molecule has 1 atom stereocenters. The highest BCUT2D eigenvalue weighted by molar-refractivity contribution is 5.88. The first kappa shape index (κ1) is 21.0. The first-order valence-electron chi connectivity index (χ1n) is 9.85. The van der Waals surface area contributed by atoms with E-state index in [-0.39, 0.29) is 30.1 Å². The van der Waals surface area contributed by atoms with Crippen LogP contribution >= 0.6 is 0 Å². The average molecular weight is 398 g/mol. The van der Waals surface area contributed by atoms with Crippen LogP contribution < -0.4 is 5.32 Å². The Balaban J connectivity index is 1.97. The van der Waals surface area contributed by atoms with Gasteiger partial charge in [-0.15, -0.1) is 0 Å². The van der Waals surface area contributed by atoms with Crippen LogP contribution in [0.3, 0.4) is 0 Å². The monoisotopic (exact) mass is 398 g/mol. The number of carbonyl (C=O) groups is 2. The summed E-state index contributed by atoms with van der Waals surface area (Å²) in [6.07, 6.45) is 0.308. The van der Waals surface area contributed by atoms with Crippen molar-refractivity contribution in [3.05, 3.63) is 59.9 Å². The number of amides is 2. The fourth-order valence-electron chi connectivity index (χ4n) is 3.78. The quantitative estimate of drug-likeness (QED) is 0.842. The van der Waals surface area contributed by atoms with Gasteiger partial charge in [0.2, 0.25) is 5.91 Å². The molecular weight excluding hydrogens is 371 g/mol. The molecule has 154 valence electrons. The van der Waals surface area contributed by atoms with E-state index in [4.69, 9.17) is 4.74 Å². The Morgan fingerprint density at radius 1 is 1.17 bits per heavy atom. The topological polar surface area (TPSA) is 58.6 Å². The van der Waals surface area contributed by atoms with Gasteiger partial charge in [-0.1, -0.05) is 50.2 Å². The van der Waals surface area contributed by atoms with E-state index >= 15 is 0 Å². The minimum absolute atomic E-state index is 0.00778. The number of carbonyl (C=O) groups excluding carboxylic acids is 2. The van der Waals surface area contributed by atoms with E-state index in [9.17, 15) is 14.0 Å². The number of halogens is 1. The van der Waals surface area contributed by atoms with Crippen LogP contribution in [-0.2, 0) is 20.7 Å². The van der Waals surface area contributed by atoms with E-state index in [0.29, 0.717) is 19.6 Å². The molecule has 1 aliphatic heterocycles. The van der Waals surface area contributed by atoms with Gasteiger partial charge in [0.25, 0.3) is 5.91 Å². The van der Waals surface area contributed by atoms with Crippen LogP contribution in [0.15, 0.2) is 48.5 Å². The number of rotatable bonds is 5. The fraction of sp³-hybridized carbons (Fsp3) is 0.391. The van der Waals surface area contributed by atoms with E-state index in [1.54, 1.807) is 24.1 Å². The molecule has 1 aliphatic rings. The maximum atomic E-state index is 13.4. The number of morpholine rings is 1. The summed E-state index contributed by atoms with van der Waals surface area (Å²) in [7, 11) is 1.57. The van der Waals surface area contributed by atoms with Crippen LogP contribution in [0.4, 0.5) is 4.39 Å². The van der Waals surface area contributed by atoms with Crippen LogP contribution in [0.1, 0.15) is 19.4 Å². The number of hydrogen-bond donors (Lipinski definition) is 1. The normalized spacial score (nSPS) is 19.3. The Morgan fingerprint density at radius 2 is 1.86 bits per heavy atom. The highest BCUT2D eigenvalue weighted by Crippen LogP contribution is 2.31. The van der Waals surface area contributed by atoms with Crippen molar-refractivity contribution in [1.29, 1.82) is 0 Å². The third kappa shape index (κ3) is 4.48. The predicted octanol–water partition coefficient (Wildman–Crippen LogP) is 3.03. The molecule has 6 heteroatoms. The zero-order chi connectivity index (χ0) is 21.0. The molecule has 0 aliphatic carbocycles. The Hall–Kier alpha value is -2.73. The number of hydrogen-bond acceptors (Lipinski definition) is 3. The molecule has 0 saturated carbocycles. The van der Waals surface area contributed by atoms with Gasteiger partial charge < -0.3 is 15.0 Å². The summed E-state index contributed by atoms with van der Waals surface area (Å²) in [5, 5.41) is 2.70. The van der Waals surface area contributed by atoms with Gasteiger partial charge in [-0.3, -0.25) is 9.59 Å². The largest absolute Gasteiger partial charge is 0.361 e. The van der Waals surface area contributed by atoms with Crippen molar-refractivity contribution in [2.45, 2.75) is 25.9 Å². The Kier molecular flexibility index (Phi) is 6.33. The second kappa shape index (κ2) is 8.74. The lowest BCUT2D eigenvalue weighted by Gasteiger charge is -2.42. The van der Waals surface area contributed by atoms with Crippen LogP contribution in [0.25, 0.3) is 11.1 Å². The summed E-state index contributed by atoms with van der Waals surface area (Å²) in [6.45, 7) is 4.66. The maximum Gasteiger partial charge on any atom is 0.254 e. The minimum atomic E-state index is -1.17. The molecule has 2 aromatic rings. The lowest BCUT2D eigenvalue weighted by Crippen LogP contribution is -2.62. The molecule has 3 rings (SSSR count). The summed E-state index contributed by atoms with van der Waals surface area (Å²) in [4.78, 5) is 27.2. The van der Waals surface area contributed by atoms with E-state index in [2.05, 4.69) is 5.32 Å². The molecule has 0 aromatic heterocycles. The van der Waals surface area contributed by atoms with Crippen LogP contribution in [0.5, 0.6) is 0 Å². The van der Waals surface area contributed by atoms with Gasteiger partial charge in [-0.2, -0.15) is 0 Å². The van der Waals surface area contributed by atoms with Crippen molar-refractivity contribution in [2.24, 2.45) is 5.92 Å². The third-order valence-electron chi connectivity index (χ3n) is 5.28. The van der Waals surface area contributed by atoms with Crippen LogP contribution in [-0.4, -0.2) is 49.1 Å². The van der Waals surface area contributed by atoms with E-state index in [1.165, 1.54) is 12.1 Å². The molecule has 29 heavy (non-hydrogen) atoms. The first-order chi connectivity index (χ1) is 13.9. The predicted molar refractivity (Wildman–Crippen MR) is 110 cm³/mol. The van der Waals surface area contributed by atoms with Gasteiger partial charge in [0.1, 0.15) is 5.82 Å². The van der Waals surface area contributed by atoms with E-state index < -0.39 is 5.60 Å². The highest BCUT2D eigenvalue weighted by atomic mass is 19.1. The van der Waals surface area contributed by atoms with Crippen molar-refractivity contribution in [2.75, 3.05) is 26.7 Å². The molecule has 2 amide bonds. The molecule has 0 unspecified atom stereocenters. The summed E-state index contributed by atoms with van der Waals surface area (Å²) < 4.78 is 19.4. The van der Waals surface area contributed by atoms with Gasteiger partial charge in [0, 0.05) is 25.9 Å².